The highest BCUT2D eigenvalue weighted by atomic mass is 16.6. The highest BCUT2D eigenvalue weighted by Crippen LogP contribution is 2.22. The minimum atomic E-state index is -0.473. The van der Waals surface area contributed by atoms with Crippen molar-refractivity contribution < 1.29 is 14.6 Å². The molecule has 1 aromatic rings. The lowest BCUT2D eigenvalue weighted by atomic mass is 10.2. The van der Waals surface area contributed by atoms with Gasteiger partial charge in [0.15, 0.2) is 0 Å². The van der Waals surface area contributed by atoms with Gasteiger partial charge in [-0.05, 0) is 51.5 Å². The number of amides is 1. The van der Waals surface area contributed by atoms with E-state index in [0.717, 1.165) is 25.2 Å². The number of carbonyl (C=O) groups excluding carboxylic acids is 1. The lowest BCUT2D eigenvalue weighted by Gasteiger charge is -2.22. The topological polar surface area (TPSA) is 61.8 Å². The number of carbonyl (C=O) groups is 1. The molecule has 0 aromatic heterocycles. The number of rotatable bonds is 2. The van der Waals surface area contributed by atoms with Gasteiger partial charge in [-0.25, -0.2) is 4.79 Å². The lowest BCUT2D eigenvalue weighted by Crippen LogP contribution is -2.40. The highest BCUT2D eigenvalue weighted by Gasteiger charge is 2.26. The van der Waals surface area contributed by atoms with Crippen molar-refractivity contribution >= 4 is 11.8 Å². The fourth-order valence-corrected chi connectivity index (χ4v) is 2.25. The second-order valence-electron chi connectivity index (χ2n) is 6.09. The first-order chi connectivity index (χ1) is 9.33. The fourth-order valence-electron chi connectivity index (χ4n) is 2.25. The van der Waals surface area contributed by atoms with Crippen molar-refractivity contribution in [1.82, 2.24) is 5.32 Å². The number of anilines is 1. The van der Waals surface area contributed by atoms with Crippen molar-refractivity contribution in [2.45, 2.75) is 38.8 Å². The predicted molar refractivity (Wildman–Crippen MR) is 78.1 cm³/mol. The Kier molecular flexibility index (Phi) is 4.06. The Bertz CT molecular complexity index is 465. The minimum absolute atomic E-state index is 0.0960. The molecule has 1 aromatic carbocycles. The van der Waals surface area contributed by atoms with Gasteiger partial charge in [0, 0.05) is 18.8 Å². The summed E-state index contributed by atoms with van der Waals surface area (Å²) in [5.74, 6) is 0.261. The average molecular weight is 278 g/mol. The van der Waals surface area contributed by atoms with E-state index in [2.05, 4.69) is 10.2 Å². The summed E-state index contributed by atoms with van der Waals surface area (Å²) >= 11 is 0. The van der Waals surface area contributed by atoms with Crippen molar-refractivity contribution in [1.29, 1.82) is 0 Å². The van der Waals surface area contributed by atoms with Crippen molar-refractivity contribution in [2.75, 3.05) is 18.0 Å². The van der Waals surface area contributed by atoms with Crippen LogP contribution >= 0.6 is 0 Å². The highest BCUT2D eigenvalue weighted by molar-refractivity contribution is 5.68. The zero-order valence-corrected chi connectivity index (χ0v) is 12.2. The maximum absolute atomic E-state index is 11.7. The third kappa shape index (κ3) is 4.05. The lowest BCUT2D eigenvalue weighted by molar-refractivity contribution is 0.0509. The van der Waals surface area contributed by atoms with Gasteiger partial charge in [0.1, 0.15) is 11.4 Å². The number of benzene rings is 1. The SMILES string of the molecule is CC(C)(C)OC(=O)N[C@@H]1CCN(c2ccc(O)cc2)C1. The molecule has 1 aliphatic heterocycles. The summed E-state index contributed by atoms with van der Waals surface area (Å²) in [5, 5.41) is 12.2. The van der Waals surface area contributed by atoms with Gasteiger partial charge in [-0.3, -0.25) is 0 Å². The molecule has 2 rings (SSSR count). The smallest absolute Gasteiger partial charge is 0.407 e. The van der Waals surface area contributed by atoms with Crippen LogP contribution in [0.4, 0.5) is 10.5 Å². The van der Waals surface area contributed by atoms with E-state index in [0.29, 0.717) is 0 Å². The molecule has 2 N–H and O–H groups in total. The minimum Gasteiger partial charge on any atom is -0.508 e. The molecule has 5 heteroatoms. The number of aromatic hydroxyl groups is 1. The van der Waals surface area contributed by atoms with Gasteiger partial charge in [0.25, 0.3) is 0 Å². The Morgan fingerprint density at radius 2 is 2.00 bits per heavy atom. The molecular formula is C15H22N2O3. The molecule has 1 heterocycles. The molecule has 0 bridgehead atoms. The van der Waals surface area contributed by atoms with Gasteiger partial charge >= 0.3 is 6.09 Å². The third-order valence-electron chi connectivity index (χ3n) is 3.12. The van der Waals surface area contributed by atoms with Gasteiger partial charge in [0.2, 0.25) is 0 Å². The van der Waals surface area contributed by atoms with E-state index in [9.17, 15) is 9.90 Å². The Balaban J connectivity index is 1.86. The van der Waals surface area contributed by atoms with Crippen LogP contribution in [0.1, 0.15) is 27.2 Å². The van der Waals surface area contributed by atoms with Crippen LogP contribution in [0.3, 0.4) is 0 Å². The number of nitrogens with zero attached hydrogens (tertiary/aromatic N) is 1. The number of hydrogen-bond donors (Lipinski definition) is 2. The Morgan fingerprint density at radius 1 is 1.35 bits per heavy atom. The molecule has 0 spiro atoms. The summed E-state index contributed by atoms with van der Waals surface area (Å²) in [7, 11) is 0. The van der Waals surface area contributed by atoms with Crippen LogP contribution in [0.2, 0.25) is 0 Å². The second kappa shape index (κ2) is 5.61. The number of nitrogens with one attached hydrogen (secondary N) is 1. The molecule has 1 aliphatic rings. The van der Waals surface area contributed by atoms with Crippen molar-refractivity contribution in [3.05, 3.63) is 24.3 Å². The molecule has 1 atom stereocenters. The van der Waals surface area contributed by atoms with Crippen molar-refractivity contribution in [3.8, 4) is 5.75 Å². The van der Waals surface area contributed by atoms with E-state index in [-0.39, 0.29) is 17.9 Å². The molecule has 110 valence electrons. The van der Waals surface area contributed by atoms with Gasteiger partial charge in [-0.15, -0.1) is 0 Å². The van der Waals surface area contributed by atoms with Gasteiger partial charge in [-0.2, -0.15) is 0 Å². The quantitative estimate of drug-likeness (QED) is 0.872. The summed E-state index contributed by atoms with van der Waals surface area (Å²) in [6.07, 6.45) is 0.523. The summed E-state index contributed by atoms with van der Waals surface area (Å²) in [6, 6.07) is 7.20. The first-order valence-electron chi connectivity index (χ1n) is 6.87. The average Bonchev–Trinajstić information content (AvgIpc) is 2.75. The van der Waals surface area contributed by atoms with Crippen molar-refractivity contribution in [2.24, 2.45) is 0 Å². The first-order valence-corrected chi connectivity index (χ1v) is 6.87. The third-order valence-corrected chi connectivity index (χ3v) is 3.12. The summed E-state index contributed by atoms with van der Waals surface area (Å²) in [6.45, 7) is 7.19. The molecule has 0 saturated carbocycles. The number of alkyl carbamates (subject to hydrolysis) is 1. The Hall–Kier alpha value is -1.91. The first kappa shape index (κ1) is 14.5. The molecule has 1 saturated heterocycles. The van der Waals surface area contributed by atoms with E-state index < -0.39 is 5.60 Å². The van der Waals surface area contributed by atoms with Crippen LogP contribution < -0.4 is 10.2 Å². The normalized spacial score (nSPS) is 18.9. The zero-order chi connectivity index (χ0) is 14.8. The molecule has 0 unspecified atom stereocenters. The number of phenols is 1. The predicted octanol–water partition coefficient (Wildman–Crippen LogP) is 2.50. The van der Waals surface area contributed by atoms with E-state index in [4.69, 9.17) is 4.74 Å². The maximum atomic E-state index is 11.7. The summed E-state index contributed by atoms with van der Waals surface area (Å²) < 4.78 is 5.25. The van der Waals surface area contributed by atoms with E-state index >= 15 is 0 Å². The van der Waals surface area contributed by atoms with E-state index in [1.54, 1.807) is 12.1 Å². The zero-order valence-electron chi connectivity index (χ0n) is 12.2. The molecular weight excluding hydrogens is 256 g/mol. The van der Waals surface area contributed by atoms with Gasteiger partial charge in [-0.1, -0.05) is 0 Å². The molecule has 1 fully saturated rings. The van der Waals surface area contributed by atoms with Crippen LogP contribution in [0.5, 0.6) is 5.75 Å². The molecule has 20 heavy (non-hydrogen) atoms. The van der Waals surface area contributed by atoms with Crippen LogP contribution in [0.25, 0.3) is 0 Å². The van der Waals surface area contributed by atoms with Gasteiger partial charge in [0.05, 0.1) is 6.04 Å². The van der Waals surface area contributed by atoms with E-state index in [1.165, 1.54) is 0 Å². The van der Waals surface area contributed by atoms with E-state index in [1.807, 2.05) is 32.9 Å². The Labute approximate surface area is 119 Å². The number of phenolic OH excluding ortho intramolecular Hbond substituents is 1. The molecule has 5 nitrogen and oxygen atoms in total. The van der Waals surface area contributed by atoms with Crippen molar-refractivity contribution in [3.63, 3.8) is 0 Å². The standard InChI is InChI=1S/C15H22N2O3/c1-15(2,3)20-14(19)16-11-8-9-17(10-11)12-4-6-13(18)7-5-12/h4-7,11,18H,8-10H2,1-3H3,(H,16,19)/t11-/m1/s1. The van der Waals surface area contributed by atoms with Crippen LogP contribution in [-0.4, -0.2) is 35.9 Å². The fraction of sp³-hybridized carbons (Fsp3) is 0.533. The summed E-state index contributed by atoms with van der Waals surface area (Å²) in [5.41, 5.74) is 0.579. The summed E-state index contributed by atoms with van der Waals surface area (Å²) in [4.78, 5) is 13.9. The molecule has 1 amide bonds. The van der Waals surface area contributed by atoms with Crippen LogP contribution in [0, 0.1) is 0 Å². The molecule has 0 radical (unpaired) electrons. The number of hydrogen-bond acceptors (Lipinski definition) is 4. The van der Waals surface area contributed by atoms with Gasteiger partial charge < -0.3 is 20.1 Å². The second-order valence-corrected chi connectivity index (χ2v) is 6.09. The van der Waals surface area contributed by atoms with Crippen LogP contribution in [0.15, 0.2) is 24.3 Å². The Morgan fingerprint density at radius 3 is 2.60 bits per heavy atom. The number of ether oxygens (including phenoxy) is 1. The van der Waals surface area contributed by atoms with Crippen LogP contribution in [-0.2, 0) is 4.74 Å². The largest absolute Gasteiger partial charge is 0.508 e. The monoisotopic (exact) mass is 278 g/mol. The maximum Gasteiger partial charge on any atom is 0.407 e. The molecule has 0 aliphatic carbocycles.